The molecule has 57 heavy (non-hydrogen) atoms. The van der Waals surface area contributed by atoms with E-state index in [-0.39, 0.29) is 38.9 Å². The van der Waals surface area contributed by atoms with Gasteiger partial charge in [-0.25, -0.2) is 27.2 Å². The summed E-state index contributed by atoms with van der Waals surface area (Å²) in [6.45, 7) is 8.11. The van der Waals surface area contributed by atoms with E-state index >= 15 is 0 Å². The van der Waals surface area contributed by atoms with Crippen molar-refractivity contribution in [1.82, 2.24) is 30.1 Å². The average molecular weight is 817 g/mol. The fourth-order valence-corrected chi connectivity index (χ4v) is 9.25. The number of hydrogen-bond donors (Lipinski definition) is 3. The number of benzene rings is 1. The van der Waals surface area contributed by atoms with Crippen LogP contribution in [0.15, 0.2) is 30.9 Å². The van der Waals surface area contributed by atoms with Gasteiger partial charge in [-0.3, -0.25) is 28.8 Å². The number of esters is 1. The number of rotatable bonds is 11. The number of carbonyl (C=O) groups is 7. The summed E-state index contributed by atoms with van der Waals surface area (Å²) in [5.74, 6) is -5.21. The molecule has 2 saturated carbocycles. The van der Waals surface area contributed by atoms with Crippen molar-refractivity contribution in [3.8, 4) is 0 Å². The molecule has 1 aromatic rings. The number of nitrogens with one attached hydrogen (secondary N) is 3. The van der Waals surface area contributed by atoms with Crippen LogP contribution >= 0.6 is 0 Å². The van der Waals surface area contributed by atoms with Crippen LogP contribution in [0.25, 0.3) is 0 Å². The van der Waals surface area contributed by atoms with Crippen LogP contribution in [0, 0.1) is 11.7 Å². The molecule has 6 amide bonds. The van der Waals surface area contributed by atoms with Gasteiger partial charge in [-0.05, 0) is 51.7 Å². The minimum Gasteiger partial charge on any atom is -0.459 e. The van der Waals surface area contributed by atoms with Gasteiger partial charge in [-0.15, -0.1) is 6.58 Å². The van der Waals surface area contributed by atoms with Crippen LogP contribution in [0.3, 0.4) is 0 Å². The van der Waals surface area contributed by atoms with E-state index in [0.717, 1.165) is 4.90 Å². The monoisotopic (exact) mass is 816 g/mol. The van der Waals surface area contributed by atoms with Crippen LogP contribution in [0.4, 0.5) is 14.0 Å². The minimum atomic E-state index is -4.01. The van der Waals surface area contributed by atoms with Crippen molar-refractivity contribution in [3.63, 3.8) is 0 Å². The highest BCUT2D eigenvalue weighted by molar-refractivity contribution is 7.91. The number of halogens is 1. The Morgan fingerprint density at radius 3 is 2.44 bits per heavy atom. The first-order valence-corrected chi connectivity index (χ1v) is 20.4. The number of likely N-dealkylation sites (tertiary alicyclic amines) is 2. The number of carbonyl (C=O) groups excluding carboxylic acids is 7. The normalized spacial score (nSPS) is 27.9. The molecular formula is C37H45FN6O12S. The molecule has 4 heterocycles. The third-order valence-electron chi connectivity index (χ3n) is 11.1. The molecule has 0 aromatic heterocycles. The van der Waals surface area contributed by atoms with Crippen LogP contribution in [0.1, 0.15) is 70.4 Å². The number of nitrogens with zero attached hydrogens (tertiary/aromatic N) is 3. The second kappa shape index (κ2) is 14.6. The molecule has 7 rings (SSSR count). The van der Waals surface area contributed by atoms with E-state index in [1.165, 1.54) is 28.0 Å². The van der Waals surface area contributed by atoms with Gasteiger partial charge in [-0.2, -0.15) is 0 Å². The fraction of sp³-hybridized carbons (Fsp3) is 0.595. The molecule has 20 heteroatoms. The molecule has 2 aliphatic carbocycles. The van der Waals surface area contributed by atoms with E-state index in [1.807, 2.05) is 0 Å². The summed E-state index contributed by atoms with van der Waals surface area (Å²) in [6.07, 6.45) is -2.05. The Morgan fingerprint density at radius 2 is 1.82 bits per heavy atom. The van der Waals surface area contributed by atoms with Crippen molar-refractivity contribution in [2.24, 2.45) is 5.92 Å². The van der Waals surface area contributed by atoms with Crippen LogP contribution in [-0.4, -0.2) is 125 Å². The molecule has 18 nitrogen and oxygen atoms in total. The van der Waals surface area contributed by atoms with Crippen molar-refractivity contribution in [2.45, 2.75) is 119 Å². The van der Waals surface area contributed by atoms with Crippen molar-refractivity contribution in [1.29, 1.82) is 0 Å². The van der Waals surface area contributed by atoms with Gasteiger partial charge in [0.1, 0.15) is 47.3 Å². The quantitative estimate of drug-likeness (QED) is 0.160. The Morgan fingerprint density at radius 1 is 1.09 bits per heavy atom. The number of amides is 6. The molecule has 3 saturated heterocycles. The number of morpholine rings is 1. The molecule has 5 fully saturated rings. The van der Waals surface area contributed by atoms with Crippen LogP contribution in [-0.2, 0) is 61.3 Å². The van der Waals surface area contributed by atoms with E-state index in [1.54, 1.807) is 26.8 Å². The average Bonchev–Trinajstić information content (AvgIpc) is 3.88. The second-order valence-corrected chi connectivity index (χ2v) is 18.4. The molecule has 3 N–H and O–H groups in total. The predicted octanol–water partition coefficient (Wildman–Crippen LogP) is 0.726. The lowest BCUT2D eigenvalue weighted by atomic mass is 10.1. The van der Waals surface area contributed by atoms with Crippen LogP contribution < -0.4 is 15.4 Å². The van der Waals surface area contributed by atoms with Gasteiger partial charge in [-0.1, -0.05) is 18.2 Å². The predicted molar refractivity (Wildman–Crippen MR) is 193 cm³/mol. The Balaban J connectivity index is 1.14. The zero-order valence-corrected chi connectivity index (χ0v) is 32.5. The maximum Gasteiger partial charge on any atom is 0.410 e. The highest BCUT2D eigenvalue weighted by Gasteiger charge is 2.62. The second-order valence-electron chi connectivity index (χ2n) is 16.4. The van der Waals surface area contributed by atoms with Gasteiger partial charge in [0.25, 0.3) is 5.91 Å². The van der Waals surface area contributed by atoms with E-state index in [9.17, 15) is 46.4 Å². The van der Waals surface area contributed by atoms with E-state index < -0.39 is 123 Å². The van der Waals surface area contributed by atoms with Crippen LogP contribution in [0.5, 0.6) is 0 Å². The van der Waals surface area contributed by atoms with Gasteiger partial charge in [0.2, 0.25) is 27.7 Å². The molecule has 1 aromatic carbocycles. The molecular weight excluding hydrogens is 772 g/mol. The maximum absolute atomic E-state index is 14.6. The molecule has 2 bridgehead atoms. The lowest BCUT2D eigenvalue weighted by Crippen LogP contribution is -2.59. The summed E-state index contributed by atoms with van der Waals surface area (Å²) in [4.78, 5) is 98.3. The zero-order chi connectivity index (χ0) is 41.2. The van der Waals surface area contributed by atoms with Gasteiger partial charge in [0.15, 0.2) is 0 Å². The summed E-state index contributed by atoms with van der Waals surface area (Å²) in [5, 5.41) is 4.33. The Hall–Kier alpha value is -5.27. The molecule has 0 radical (unpaired) electrons. The van der Waals surface area contributed by atoms with E-state index in [0.29, 0.717) is 24.0 Å². The maximum atomic E-state index is 14.6. The number of ether oxygens (including phenoxy) is 3. The molecule has 7 atom stereocenters. The summed E-state index contributed by atoms with van der Waals surface area (Å²) in [5.41, 5.74) is -1.82. The number of alkyl carbamates (subject to hydrolysis) is 1. The van der Waals surface area contributed by atoms with Gasteiger partial charge in [0.05, 0.1) is 31.3 Å². The van der Waals surface area contributed by atoms with Crippen molar-refractivity contribution in [2.75, 3.05) is 13.1 Å². The van der Waals surface area contributed by atoms with Crippen molar-refractivity contribution >= 4 is 51.8 Å². The molecule has 308 valence electrons. The van der Waals surface area contributed by atoms with E-state index in [2.05, 4.69) is 21.9 Å². The fourth-order valence-electron chi connectivity index (χ4n) is 7.89. The zero-order valence-electron chi connectivity index (χ0n) is 31.7. The highest BCUT2D eigenvalue weighted by Crippen LogP contribution is 2.45. The smallest absolute Gasteiger partial charge is 0.410 e. The Bertz CT molecular complexity index is 2040. The molecule has 6 aliphatic rings. The Labute approximate surface area is 327 Å². The van der Waals surface area contributed by atoms with Gasteiger partial charge < -0.3 is 34.6 Å². The highest BCUT2D eigenvalue weighted by atomic mass is 32.2. The van der Waals surface area contributed by atoms with Crippen molar-refractivity contribution < 1.29 is 60.6 Å². The van der Waals surface area contributed by atoms with E-state index in [4.69, 9.17) is 14.2 Å². The Kier molecular flexibility index (Phi) is 10.2. The third kappa shape index (κ3) is 8.13. The number of fused-ring (bicyclic) bond motifs is 3. The lowest BCUT2D eigenvalue weighted by Gasteiger charge is -2.32. The summed E-state index contributed by atoms with van der Waals surface area (Å²) in [6, 6.07) is 0.495. The largest absolute Gasteiger partial charge is 0.459 e. The topological polar surface area (TPSA) is 227 Å². The number of sulfonamides is 1. The first-order valence-electron chi connectivity index (χ1n) is 18.8. The standard InChI is InChI=1S/C37H45FN6O12S/c1-5-20-14-37(20,33(49)41-57(52,53)23-9-10-23)40-30(46)27-11-22(55-35(51)42-15-19-7-6-8-25(38)24(19)18-42)17-44(27)31(47)26(39-34(50)56-36(2,3)4)13-29(45)43-16-21-12-28(43)32(48)54-21/h5-8,20-23,26-28H,1,9-18H2,2-4H3,(H,39,50)(H,40,46)(H,41,49)/t20-,21+,22-,26+,27+,28+,37-/m1/s1. The third-order valence-corrected chi connectivity index (χ3v) is 12.9. The van der Waals surface area contributed by atoms with Crippen LogP contribution in [0.2, 0.25) is 0 Å². The first-order chi connectivity index (χ1) is 26.8. The van der Waals surface area contributed by atoms with Crippen molar-refractivity contribution in [3.05, 3.63) is 47.8 Å². The molecule has 4 aliphatic heterocycles. The summed E-state index contributed by atoms with van der Waals surface area (Å²) < 4.78 is 58.3. The first kappa shape index (κ1) is 39.9. The molecule has 0 spiro atoms. The summed E-state index contributed by atoms with van der Waals surface area (Å²) in [7, 11) is -4.01. The minimum absolute atomic E-state index is 0.0111. The van der Waals surface area contributed by atoms with Gasteiger partial charge in [0, 0.05) is 30.9 Å². The van der Waals surface area contributed by atoms with Gasteiger partial charge >= 0.3 is 18.2 Å². The lowest BCUT2D eigenvalue weighted by molar-refractivity contribution is -0.157. The molecule has 0 unspecified atom stereocenters. The summed E-state index contributed by atoms with van der Waals surface area (Å²) >= 11 is 0. The SMILES string of the molecule is C=C[C@@H]1C[C@]1(NC(=O)[C@@H]1C[C@@H](OC(=O)N2Cc3cccc(F)c3C2)CN1C(=O)[C@H](CC(=O)N1C[C@@H]2C[C@H]1C(=O)O2)NC(=O)OC(C)(C)C)C(=O)NS(=O)(=O)C1CC1. The number of hydrogen-bond acceptors (Lipinski definition) is 12.